The van der Waals surface area contributed by atoms with Gasteiger partial charge >= 0.3 is 6.03 Å². The molecular weight excluding hydrogens is 327 g/mol. The van der Waals surface area contributed by atoms with Crippen molar-refractivity contribution in [3.63, 3.8) is 0 Å². The van der Waals surface area contributed by atoms with E-state index in [0.29, 0.717) is 38.4 Å². The molecule has 0 saturated carbocycles. The zero-order valence-electron chi connectivity index (χ0n) is 11.3. The topological polar surface area (TPSA) is 95.6 Å². The van der Waals surface area contributed by atoms with Crippen molar-refractivity contribution < 1.29 is 4.79 Å². The summed E-state index contributed by atoms with van der Waals surface area (Å²) in [6.45, 7) is 0. The highest BCUT2D eigenvalue weighted by Gasteiger charge is 2.16. The average Bonchev–Trinajstić information content (AvgIpc) is 2.91. The minimum absolute atomic E-state index is 0.311. The number of carbonyl (C=O) groups excluding carboxylic acids is 1. The molecule has 3 rings (SSSR count). The number of rotatable bonds is 2. The van der Waals surface area contributed by atoms with Gasteiger partial charge in [0, 0.05) is 7.05 Å². The molecule has 2 amide bonds. The van der Waals surface area contributed by atoms with Gasteiger partial charge in [-0.15, -0.1) is 0 Å². The second-order valence-electron chi connectivity index (χ2n) is 4.31. The Bertz CT molecular complexity index is 843. The molecule has 0 aliphatic rings. The Kier molecular flexibility index (Phi) is 3.82. The number of aromatic amines is 1. The molecule has 0 atom stereocenters. The van der Waals surface area contributed by atoms with Crippen LogP contribution >= 0.6 is 23.2 Å². The largest absolute Gasteiger partial charge is 0.341 e. The van der Waals surface area contributed by atoms with Gasteiger partial charge in [0.2, 0.25) is 0 Å². The Hall–Kier alpha value is -2.38. The summed E-state index contributed by atoms with van der Waals surface area (Å²) in [5, 5.41) is 5.96. The summed E-state index contributed by atoms with van der Waals surface area (Å²) in [4.78, 5) is 26.9. The molecule has 0 radical (unpaired) electrons. The van der Waals surface area contributed by atoms with E-state index >= 15 is 0 Å². The highest BCUT2D eigenvalue weighted by atomic mass is 35.5. The number of nitrogens with zero attached hydrogens (tertiary/aromatic N) is 3. The molecule has 1 aromatic carbocycles. The third-order valence-corrected chi connectivity index (χ3v) is 3.58. The quantitative estimate of drug-likeness (QED) is 0.670. The van der Waals surface area contributed by atoms with E-state index in [1.807, 2.05) is 0 Å². The molecule has 9 heteroatoms. The van der Waals surface area contributed by atoms with Crippen LogP contribution < -0.4 is 10.6 Å². The summed E-state index contributed by atoms with van der Waals surface area (Å²) in [5.41, 5.74) is 1.44. The standard InChI is InChI=1S/C13H10Cl2N6O/c1-16-13(22)21-12-9-11(17-5-18-12)20-10(19-9)8-6(14)3-2-4-7(8)15/h2-5H,1H3,(H3,16,17,18,19,20,21,22). The van der Waals surface area contributed by atoms with Crippen LogP contribution in [0.1, 0.15) is 0 Å². The highest BCUT2D eigenvalue weighted by molar-refractivity contribution is 6.39. The highest BCUT2D eigenvalue weighted by Crippen LogP contribution is 2.34. The first-order valence-corrected chi connectivity index (χ1v) is 6.99. The van der Waals surface area contributed by atoms with Crippen molar-refractivity contribution in [3.05, 3.63) is 34.6 Å². The van der Waals surface area contributed by atoms with Crippen LogP contribution in [-0.2, 0) is 0 Å². The number of benzene rings is 1. The van der Waals surface area contributed by atoms with E-state index in [2.05, 4.69) is 30.6 Å². The first kappa shape index (κ1) is 14.6. The number of anilines is 1. The maximum atomic E-state index is 11.5. The number of halogens is 2. The zero-order valence-corrected chi connectivity index (χ0v) is 12.8. The number of imidazole rings is 1. The Morgan fingerprint density at radius 1 is 1.23 bits per heavy atom. The van der Waals surface area contributed by atoms with E-state index in [4.69, 9.17) is 23.2 Å². The molecule has 0 bridgehead atoms. The third-order valence-electron chi connectivity index (χ3n) is 2.95. The summed E-state index contributed by atoms with van der Waals surface area (Å²) >= 11 is 12.4. The molecule has 3 aromatic rings. The molecular formula is C13H10Cl2N6O. The van der Waals surface area contributed by atoms with E-state index < -0.39 is 6.03 Å². The van der Waals surface area contributed by atoms with Crippen molar-refractivity contribution in [2.24, 2.45) is 0 Å². The van der Waals surface area contributed by atoms with Crippen molar-refractivity contribution in [1.29, 1.82) is 0 Å². The summed E-state index contributed by atoms with van der Waals surface area (Å²) in [7, 11) is 1.51. The minimum atomic E-state index is -0.396. The molecule has 7 nitrogen and oxygen atoms in total. The SMILES string of the molecule is CNC(=O)Nc1ncnc2nc(-c3c(Cl)cccc3Cl)[nH]c12. The number of aromatic nitrogens is 4. The predicted molar refractivity (Wildman–Crippen MR) is 85.2 cm³/mol. The van der Waals surface area contributed by atoms with Crippen LogP contribution in [0.2, 0.25) is 10.0 Å². The molecule has 0 aliphatic heterocycles. The molecule has 0 saturated heterocycles. The van der Waals surface area contributed by atoms with Gasteiger partial charge in [-0.3, -0.25) is 5.32 Å². The molecule has 0 unspecified atom stereocenters. The van der Waals surface area contributed by atoms with Crippen LogP contribution in [0, 0.1) is 0 Å². The summed E-state index contributed by atoms with van der Waals surface area (Å²) < 4.78 is 0. The Labute approximate surface area is 135 Å². The molecule has 0 fully saturated rings. The molecule has 0 spiro atoms. The van der Waals surface area contributed by atoms with Gasteiger partial charge in [0.05, 0.1) is 15.6 Å². The molecule has 2 aromatic heterocycles. The maximum absolute atomic E-state index is 11.5. The van der Waals surface area contributed by atoms with Gasteiger partial charge in [-0.2, -0.15) is 0 Å². The number of urea groups is 1. The first-order valence-electron chi connectivity index (χ1n) is 6.24. The van der Waals surface area contributed by atoms with E-state index in [-0.39, 0.29) is 0 Å². The fourth-order valence-corrected chi connectivity index (χ4v) is 2.51. The van der Waals surface area contributed by atoms with Crippen LogP contribution in [0.4, 0.5) is 10.6 Å². The van der Waals surface area contributed by atoms with Gasteiger partial charge < -0.3 is 10.3 Å². The van der Waals surface area contributed by atoms with Gasteiger partial charge in [0.1, 0.15) is 17.7 Å². The van der Waals surface area contributed by atoms with E-state index in [1.165, 1.54) is 13.4 Å². The van der Waals surface area contributed by atoms with Crippen LogP contribution in [-0.4, -0.2) is 33.0 Å². The molecule has 22 heavy (non-hydrogen) atoms. The van der Waals surface area contributed by atoms with Gasteiger partial charge in [0.15, 0.2) is 11.5 Å². The summed E-state index contributed by atoms with van der Waals surface area (Å²) in [5.74, 6) is 0.761. The molecule has 112 valence electrons. The van der Waals surface area contributed by atoms with Crippen molar-refractivity contribution in [3.8, 4) is 11.4 Å². The lowest BCUT2D eigenvalue weighted by molar-refractivity contribution is 0.254. The lowest BCUT2D eigenvalue weighted by Gasteiger charge is -2.03. The fraction of sp³-hybridized carbons (Fsp3) is 0.0769. The Morgan fingerprint density at radius 3 is 2.64 bits per heavy atom. The van der Waals surface area contributed by atoms with Crippen molar-refractivity contribution in [1.82, 2.24) is 25.3 Å². The number of amides is 2. The smallest absolute Gasteiger partial charge is 0.320 e. The van der Waals surface area contributed by atoms with E-state index in [1.54, 1.807) is 18.2 Å². The number of nitrogens with one attached hydrogen (secondary N) is 3. The normalized spacial score (nSPS) is 10.7. The molecule has 2 heterocycles. The molecule has 0 aliphatic carbocycles. The van der Waals surface area contributed by atoms with Crippen LogP contribution in [0.25, 0.3) is 22.6 Å². The lowest BCUT2D eigenvalue weighted by Crippen LogP contribution is -2.25. The first-order chi connectivity index (χ1) is 10.6. The average molecular weight is 337 g/mol. The maximum Gasteiger partial charge on any atom is 0.320 e. The van der Waals surface area contributed by atoms with E-state index in [9.17, 15) is 4.79 Å². The predicted octanol–water partition coefficient (Wildman–Crippen LogP) is 3.08. The number of H-pyrrole nitrogens is 1. The fourth-order valence-electron chi connectivity index (χ4n) is 1.94. The van der Waals surface area contributed by atoms with Crippen molar-refractivity contribution >= 4 is 46.2 Å². The van der Waals surface area contributed by atoms with Gasteiger partial charge in [-0.25, -0.2) is 19.7 Å². The molecule has 3 N–H and O–H groups in total. The monoisotopic (exact) mass is 336 g/mol. The van der Waals surface area contributed by atoms with Gasteiger partial charge in [-0.05, 0) is 12.1 Å². The summed E-state index contributed by atoms with van der Waals surface area (Å²) in [6.07, 6.45) is 1.31. The van der Waals surface area contributed by atoms with Gasteiger partial charge in [0.25, 0.3) is 0 Å². The second kappa shape index (κ2) is 5.78. The Balaban J connectivity index is 2.14. The number of hydrogen-bond donors (Lipinski definition) is 3. The number of hydrogen-bond acceptors (Lipinski definition) is 4. The Morgan fingerprint density at radius 2 is 1.95 bits per heavy atom. The zero-order chi connectivity index (χ0) is 15.7. The van der Waals surface area contributed by atoms with Crippen molar-refractivity contribution in [2.75, 3.05) is 12.4 Å². The second-order valence-corrected chi connectivity index (χ2v) is 5.12. The minimum Gasteiger partial charge on any atom is -0.341 e. The van der Waals surface area contributed by atoms with Crippen molar-refractivity contribution in [2.45, 2.75) is 0 Å². The van der Waals surface area contributed by atoms with Gasteiger partial charge in [-0.1, -0.05) is 29.3 Å². The van der Waals surface area contributed by atoms with Crippen LogP contribution in [0.5, 0.6) is 0 Å². The lowest BCUT2D eigenvalue weighted by atomic mass is 10.2. The summed E-state index contributed by atoms with van der Waals surface area (Å²) in [6, 6.07) is 4.78. The number of fused-ring (bicyclic) bond motifs is 1. The van der Waals surface area contributed by atoms with E-state index in [0.717, 1.165) is 0 Å². The third kappa shape index (κ3) is 2.56. The van der Waals surface area contributed by atoms with Crippen LogP contribution in [0.15, 0.2) is 24.5 Å². The van der Waals surface area contributed by atoms with Crippen LogP contribution in [0.3, 0.4) is 0 Å². The number of carbonyl (C=O) groups is 1.